The third-order valence-corrected chi connectivity index (χ3v) is 0.513. The fourth-order valence-electron chi connectivity index (χ4n) is 0.125. The van der Waals surface area contributed by atoms with Crippen molar-refractivity contribution in [2.45, 2.75) is 13.0 Å². The van der Waals surface area contributed by atoms with E-state index in [4.69, 9.17) is 10.6 Å². The van der Waals surface area contributed by atoms with Gasteiger partial charge in [-0.1, -0.05) is 12.0 Å². The summed E-state index contributed by atoms with van der Waals surface area (Å²) >= 11 is 0. The van der Waals surface area contributed by atoms with Gasteiger partial charge in [0.15, 0.2) is 0 Å². The quantitative estimate of drug-likeness (QED) is 0.310. The Morgan fingerprint density at radius 1 is 2.00 bits per heavy atom. The normalized spacial score (nSPS) is 12.3. The van der Waals surface area contributed by atoms with Crippen molar-refractivity contribution in [3.63, 3.8) is 0 Å². The van der Waals surface area contributed by atoms with E-state index < -0.39 is 0 Å². The lowest BCUT2D eigenvalue weighted by Gasteiger charge is -1.91. The summed E-state index contributed by atoms with van der Waals surface area (Å²) in [5, 5.41) is 11.4. The lowest BCUT2D eigenvalue weighted by Crippen LogP contribution is -2.00. The number of rotatable bonds is 2. The van der Waals surface area contributed by atoms with Crippen molar-refractivity contribution in [3.05, 3.63) is 10.4 Å². The van der Waals surface area contributed by atoms with Gasteiger partial charge in [0.2, 0.25) is 0 Å². The van der Waals surface area contributed by atoms with Crippen molar-refractivity contribution < 1.29 is 5.11 Å². The molecule has 0 saturated carbocycles. The number of azide groups is 1. The molecule has 0 aromatic carbocycles. The molecule has 0 spiro atoms. The van der Waals surface area contributed by atoms with Crippen LogP contribution in [0.1, 0.15) is 6.92 Å². The Morgan fingerprint density at radius 2 is 2.57 bits per heavy atom. The largest absolute Gasteiger partial charge is 0.396 e. The summed E-state index contributed by atoms with van der Waals surface area (Å²) in [7, 11) is 0. The maximum absolute atomic E-state index is 8.20. The molecule has 0 amide bonds. The lowest BCUT2D eigenvalue weighted by molar-refractivity contribution is 0.273. The van der Waals surface area contributed by atoms with E-state index in [-0.39, 0.29) is 12.6 Å². The van der Waals surface area contributed by atoms with Crippen LogP contribution >= 0.6 is 0 Å². The molecule has 4 heteroatoms. The number of hydrogen-bond acceptors (Lipinski definition) is 2. The number of aliphatic hydroxyl groups excluding tert-OH is 1. The van der Waals surface area contributed by atoms with Gasteiger partial charge in [-0.3, -0.25) is 0 Å². The number of hydrogen-bond donors (Lipinski definition) is 1. The Bertz CT molecular complexity index is 86.2. The van der Waals surface area contributed by atoms with E-state index >= 15 is 0 Å². The standard InChI is InChI=1S/C3H7N3O/c1-3(2-7)5-6-4/h3,7H,2H2,1H3/t3-/m0/s1. The molecular weight excluding hydrogens is 94.1 g/mol. The second-order valence-electron chi connectivity index (χ2n) is 1.24. The second kappa shape index (κ2) is 3.46. The van der Waals surface area contributed by atoms with Gasteiger partial charge in [-0.25, -0.2) is 0 Å². The van der Waals surface area contributed by atoms with Crippen LogP contribution in [0.4, 0.5) is 0 Å². The van der Waals surface area contributed by atoms with Crippen LogP contribution in [0.15, 0.2) is 5.11 Å². The van der Waals surface area contributed by atoms with Gasteiger partial charge in [-0.05, 0) is 5.53 Å². The average molecular weight is 101 g/mol. The highest BCUT2D eigenvalue weighted by atomic mass is 16.3. The van der Waals surface area contributed by atoms with Crippen LogP contribution in [0, 0.1) is 0 Å². The van der Waals surface area contributed by atoms with Crippen LogP contribution in [0.25, 0.3) is 10.4 Å². The maximum Gasteiger partial charge on any atom is 0.0577 e. The van der Waals surface area contributed by atoms with Gasteiger partial charge in [0.1, 0.15) is 0 Å². The Balaban J connectivity index is 3.35. The zero-order valence-corrected chi connectivity index (χ0v) is 4.07. The summed E-state index contributed by atoms with van der Waals surface area (Å²) in [4.78, 5) is 2.47. The van der Waals surface area contributed by atoms with Gasteiger partial charge in [0, 0.05) is 4.91 Å². The zero-order valence-electron chi connectivity index (χ0n) is 4.07. The molecule has 0 aliphatic carbocycles. The first kappa shape index (κ1) is 6.27. The predicted molar refractivity (Wildman–Crippen MR) is 25.7 cm³/mol. The van der Waals surface area contributed by atoms with E-state index in [9.17, 15) is 0 Å². The molecule has 0 aliphatic heterocycles. The molecule has 0 heterocycles. The first-order chi connectivity index (χ1) is 3.31. The second-order valence-corrected chi connectivity index (χ2v) is 1.24. The molecule has 4 nitrogen and oxygen atoms in total. The van der Waals surface area contributed by atoms with Crippen LogP contribution in [0.5, 0.6) is 0 Å². The third kappa shape index (κ3) is 3.09. The van der Waals surface area contributed by atoms with Crippen molar-refractivity contribution in [1.82, 2.24) is 0 Å². The van der Waals surface area contributed by atoms with E-state index in [1.807, 2.05) is 0 Å². The molecule has 0 saturated heterocycles. The lowest BCUT2D eigenvalue weighted by atomic mass is 10.4. The predicted octanol–water partition coefficient (Wildman–Crippen LogP) is 0.677. The minimum Gasteiger partial charge on any atom is -0.396 e. The number of aliphatic hydroxyl groups is 1. The molecule has 0 unspecified atom stereocenters. The van der Waals surface area contributed by atoms with Crippen LogP contribution in [0.3, 0.4) is 0 Å². The highest BCUT2D eigenvalue weighted by Crippen LogP contribution is 1.84. The van der Waals surface area contributed by atoms with Gasteiger partial charge in [-0.15, -0.1) is 0 Å². The molecule has 0 aromatic heterocycles. The topological polar surface area (TPSA) is 69.0 Å². The van der Waals surface area contributed by atoms with Gasteiger partial charge in [0.05, 0.1) is 12.6 Å². The summed E-state index contributed by atoms with van der Waals surface area (Å²) < 4.78 is 0. The molecule has 0 fully saturated rings. The molecule has 0 aromatic rings. The van der Waals surface area contributed by atoms with Crippen LogP contribution < -0.4 is 0 Å². The molecule has 0 bridgehead atoms. The first-order valence-corrected chi connectivity index (χ1v) is 1.96. The summed E-state index contributed by atoms with van der Waals surface area (Å²) in [6, 6.07) is -0.287. The molecule has 1 N–H and O–H groups in total. The van der Waals surface area contributed by atoms with E-state index in [2.05, 4.69) is 10.0 Å². The Hall–Kier alpha value is -0.730. The molecule has 0 rings (SSSR count). The fourth-order valence-corrected chi connectivity index (χ4v) is 0.125. The van der Waals surface area contributed by atoms with Crippen LogP contribution in [-0.2, 0) is 0 Å². The van der Waals surface area contributed by atoms with Crippen LogP contribution in [-0.4, -0.2) is 17.8 Å². The van der Waals surface area contributed by atoms with Gasteiger partial charge >= 0.3 is 0 Å². The summed E-state index contributed by atoms with van der Waals surface area (Å²) in [5.74, 6) is 0. The van der Waals surface area contributed by atoms with Gasteiger partial charge < -0.3 is 5.11 Å². The Kier molecular flexibility index (Phi) is 3.10. The highest BCUT2D eigenvalue weighted by Gasteiger charge is 1.89. The minimum absolute atomic E-state index is 0.0793. The average Bonchev–Trinajstić information content (AvgIpc) is 1.68. The molecule has 1 atom stereocenters. The number of nitrogens with zero attached hydrogens (tertiary/aromatic N) is 3. The molecule has 40 valence electrons. The Morgan fingerprint density at radius 3 is 2.71 bits per heavy atom. The monoisotopic (exact) mass is 101 g/mol. The van der Waals surface area contributed by atoms with Crippen LogP contribution in [0.2, 0.25) is 0 Å². The Labute approximate surface area is 41.4 Å². The van der Waals surface area contributed by atoms with Crippen molar-refractivity contribution in [2.75, 3.05) is 6.61 Å². The maximum atomic E-state index is 8.20. The SMILES string of the molecule is C[C@@H](CO)N=[N+]=[N-]. The van der Waals surface area contributed by atoms with E-state index in [0.717, 1.165) is 0 Å². The first-order valence-electron chi connectivity index (χ1n) is 1.96. The third-order valence-electron chi connectivity index (χ3n) is 0.513. The highest BCUT2D eigenvalue weighted by molar-refractivity contribution is 4.55. The summed E-state index contributed by atoms with van der Waals surface area (Å²) in [6.07, 6.45) is 0. The molecule has 7 heavy (non-hydrogen) atoms. The van der Waals surface area contributed by atoms with Crippen molar-refractivity contribution in [2.24, 2.45) is 5.11 Å². The smallest absolute Gasteiger partial charge is 0.0577 e. The fraction of sp³-hybridized carbons (Fsp3) is 1.00. The van der Waals surface area contributed by atoms with E-state index in [1.54, 1.807) is 6.92 Å². The van der Waals surface area contributed by atoms with Gasteiger partial charge in [0.25, 0.3) is 0 Å². The molecule has 0 radical (unpaired) electrons. The molecule has 0 aliphatic rings. The van der Waals surface area contributed by atoms with Crippen molar-refractivity contribution in [3.8, 4) is 0 Å². The zero-order chi connectivity index (χ0) is 5.70. The van der Waals surface area contributed by atoms with Crippen molar-refractivity contribution >= 4 is 0 Å². The minimum atomic E-state index is -0.287. The summed E-state index contributed by atoms with van der Waals surface area (Å²) in [5.41, 5.74) is 7.72. The van der Waals surface area contributed by atoms with Crippen molar-refractivity contribution in [1.29, 1.82) is 0 Å². The summed E-state index contributed by atoms with van der Waals surface area (Å²) in [6.45, 7) is 1.56. The molecular formula is C3H7N3O. The van der Waals surface area contributed by atoms with E-state index in [0.29, 0.717) is 0 Å². The van der Waals surface area contributed by atoms with Gasteiger partial charge in [-0.2, -0.15) is 0 Å². The van der Waals surface area contributed by atoms with E-state index in [1.165, 1.54) is 0 Å².